The van der Waals surface area contributed by atoms with Crippen LogP contribution in [0.25, 0.3) is 0 Å². The SMILES string of the molecule is COC(=O)C1(S(=O)(=O)c2ccc(F)cc2)CCOCC1. The van der Waals surface area contributed by atoms with Crippen LogP contribution in [-0.4, -0.2) is 39.5 Å². The summed E-state index contributed by atoms with van der Waals surface area (Å²) in [4.78, 5) is 12.0. The minimum Gasteiger partial charge on any atom is -0.468 e. The predicted molar refractivity (Wildman–Crippen MR) is 68.4 cm³/mol. The van der Waals surface area contributed by atoms with Gasteiger partial charge in [-0.1, -0.05) is 0 Å². The van der Waals surface area contributed by atoms with Crippen LogP contribution in [0.2, 0.25) is 0 Å². The Morgan fingerprint density at radius 3 is 2.30 bits per heavy atom. The molecule has 1 aromatic rings. The average molecular weight is 302 g/mol. The molecule has 0 N–H and O–H groups in total. The van der Waals surface area contributed by atoms with Gasteiger partial charge in [0.05, 0.1) is 12.0 Å². The average Bonchev–Trinajstić information content (AvgIpc) is 2.47. The number of sulfone groups is 1. The maximum atomic E-state index is 12.9. The van der Waals surface area contributed by atoms with Gasteiger partial charge < -0.3 is 9.47 Å². The monoisotopic (exact) mass is 302 g/mol. The summed E-state index contributed by atoms with van der Waals surface area (Å²) >= 11 is 0. The number of esters is 1. The van der Waals surface area contributed by atoms with Gasteiger partial charge in [0.25, 0.3) is 0 Å². The lowest BCUT2D eigenvalue weighted by Gasteiger charge is -2.33. The molecule has 1 aromatic carbocycles. The lowest BCUT2D eigenvalue weighted by atomic mass is 9.99. The summed E-state index contributed by atoms with van der Waals surface area (Å²) in [6.45, 7) is 0.324. The Kier molecular flexibility index (Phi) is 4.10. The first-order chi connectivity index (χ1) is 9.44. The summed E-state index contributed by atoms with van der Waals surface area (Å²) in [6.07, 6.45) is 0.0543. The smallest absolute Gasteiger partial charge is 0.327 e. The maximum Gasteiger partial charge on any atom is 0.327 e. The van der Waals surface area contributed by atoms with E-state index in [-0.39, 0.29) is 31.0 Å². The van der Waals surface area contributed by atoms with Crippen LogP contribution in [-0.2, 0) is 24.1 Å². The zero-order valence-electron chi connectivity index (χ0n) is 11.0. The molecule has 7 heteroatoms. The number of carbonyl (C=O) groups excluding carboxylic acids is 1. The van der Waals surface area contributed by atoms with Crippen molar-refractivity contribution in [2.75, 3.05) is 20.3 Å². The highest BCUT2D eigenvalue weighted by molar-refractivity contribution is 7.93. The molecule has 2 rings (SSSR count). The molecule has 1 saturated heterocycles. The fraction of sp³-hybridized carbons (Fsp3) is 0.462. The first-order valence-electron chi connectivity index (χ1n) is 6.10. The van der Waals surface area contributed by atoms with Crippen molar-refractivity contribution < 1.29 is 27.1 Å². The number of rotatable bonds is 3. The van der Waals surface area contributed by atoms with E-state index >= 15 is 0 Å². The first kappa shape index (κ1) is 14.9. The van der Waals surface area contributed by atoms with Crippen molar-refractivity contribution in [2.24, 2.45) is 0 Å². The van der Waals surface area contributed by atoms with E-state index < -0.39 is 26.4 Å². The van der Waals surface area contributed by atoms with Crippen LogP contribution in [0.1, 0.15) is 12.8 Å². The molecule has 0 aromatic heterocycles. The Hall–Kier alpha value is -1.47. The van der Waals surface area contributed by atoms with Crippen molar-refractivity contribution in [1.29, 1.82) is 0 Å². The number of hydrogen-bond acceptors (Lipinski definition) is 5. The molecule has 5 nitrogen and oxygen atoms in total. The fourth-order valence-electron chi connectivity index (χ4n) is 2.31. The van der Waals surface area contributed by atoms with E-state index in [2.05, 4.69) is 4.74 Å². The van der Waals surface area contributed by atoms with Crippen molar-refractivity contribution in [1.82, 2.24) is 0 Å². The molecule has 1 aliphatic rings. The predicted octanol–water partition coefficient (Wildman–Crippen LogP) is 1.32. The van der Waals surface area contributed by atoms with Gasteiger partial charge in [-0.3, -0.25) is 4.79 Å². The van der Waals surface area contributed by atoms with Crippen LogP contribution in [0, 0.1) is 5.82 Å². The van der Waals surface area contributed by atoms with Crippen LogP contribution >= 0.6 is 0 Å². The Morgan fingerprint density at radius 2 is 1.80 bits per heavy atom. The third-order valence-electron chi connectivity index (χ3n) is 3.50. The van der Waals surface area contributed by atoms with Gasteiger partial charge in [0, 0.05) is 26.1 Å². The molecule has 0 bridgehead atoms. The van der Waals surface area contributed by atoms with E-state index in [4.69, 9.17) is 4.74 Å². The zero-order valence-corrected chi connectivity index (χ0v) is 11.8. The Bertz CT molecular complexity index is 588. The van der Waals surface area contributed by atoms with Crippen LogP contribution in [0.3, 0.4) is 0 Å². The minimum absolute atomic E-state index is 0.0272. The Morgan fingerprint density at radius 1 is 1.25 bits per heavy atom. The van der Waals surface area contributed by atoms with Crippen LogP contribution in [0.4, 0.5) is 4.39 Å². The zero-order chi connectivity index (χ0) is 14.8. The quantitative estimate of drug-likeness (QED) is 0.622. The maximum absolute atomic E-state index is 12.9. The van der Waals surface area contributed by atoms with E-state index in [9.17, 15) is 17.6 Å². The minimum atomic E-state index is -3.97. The largest absolute Gasteiger partial charge is 0.468 e. The van der Waals surface area contributed by atoms with Gasteiger partial charge >= 0.3 is 5.97 Å². The lowest BCUT2D eigenvalue weighted by molar-refractivity contribution is -0.146. The highest BCUT2D eigenvalue weighted by Gasteiger charge is 2.53. The normalized spacial score (nSPS) is 18.5. The van der Waals surface area contributed by atoms with Crippen molar-refractivity contribution in [2.45, 2.75) is 22.5 Å². The number of halogens is 1. The molecule has 1 fully saturated rings. The van der Waals surface area contributed by atoms with Crippen LogP contribution in [0.5, 0.6) is 0 Å². The van der Waals surface area contributed by atoms with Crippen LogP contribution < -0.4 is 0 Å². The van der Waals surface area contributed by atoms with Crippen LogP contribution in [0.15, 0.2) is 29.2 Å². The van der Waals surface area contributed by atoms with E-state index in [1.807, 2.05) is 0 Å². The molecular weight excluding hydrogens is 287 g/mol. The number of methoxy groups -OCH3 is 1. The second-order valence-electron chi connectivity index (χ2n) is 4.56. The van der Waals surface area contributed by atoms with Gasteiger partial charge in [0.2, 0.25) is 0 Å². The van der Waals surface area contributed by atoms with Crippen molar-refractivity contribution in [3.05, 3.63) is 30.1 Å². The number of hydrogen-bond donors (Lipinski definition) is 0. The molecular formula is C13H15FO5S. The molecule has 0 spiro atoms. The Balaban J connectivity index is 2.52. The summed E-state index contributed by atoms with van der Waals surface area (Å²) < 4.78 is 46.6. The fourth-order valence-corrected chi connectivity index (χ4v) is 4.26. The van der Waals surface area contributed by atoms with Gasteiger partial charge in [-0.15, -0.1) is 0 Å². The van der Waals surface area contributed by atoms with Gasteiger partial charge in [-0.2, -0.15) is 0 Å². The molecule has 0 amide bonds. The van der Waals surface area contributed by atoms with E-state index in [1.54, 1.807) is 0 Å². The number of ether oxygens (including phenoxy) is 2. The molecule has 0 aliphatic carbocycles. The standard InChI is InChI=1S/C13H15FO5S/c1-18-12(15)13(6-8-19-9-7-13)20(16,17)11-4-2-10(14)3-5-11/h2-5H,6-9H2,1H3. The summed E-state index contributed by atoms with van der Waals surface area (Å²) in [5.74, 6) is -1.34. The Labute approximate surface area is 116 Å². The molecule has 1 aliphatic heterocycles. The second-order valence-corrected chi connectivity index (χ2v) is 6.82. The lowest BCUT2D eigenvalue weighted by Crippen LogP contribution is -2.51. The van der Waals surface area contributed by atoms with Gasteiger partial charge in [-0.25, -0.2) is 12.8 Å². The third kappa shape index (κ3) is 2.31. The van der Waals surface area contributed by atoms with E-state index in [0.29, 0.717) is 0 Å². The van der Waals surface area contributed by atoms with Crippen molar-refractivity contribution >= 4 is 15.8 Å². The summed E-state index contributed by atoms with van der Waals surface area (Å²) in [7, 11) is -2.82. The number of benzene rings is 1. The molecule has 0 saturated carbocycles. The molecule has 0 unspecified atom stereocenters. The number of carbonyl (C=O) groups is 1. The molecule has 20 heavy (non-hydrogen) atoms. The molecule has 0 atom stereocenters. The van der Waals surface area contributed by atoms with Gasteiger partial charge in [0.1, 0.15) is 5.82 Å². The second kappa shape index (κ2) is 5.49. The van der Waals surface area contributed by atoms with Gasteiger partial charge in [0.15, 0.2) is 14.6 Å². The van der Waals surface area contributed by atoms with Crippen molar-refractivity contribution in [3.63, 3.8) is 0 Å². The molecule has 110 valence electrons. The van der Waals surface area contributed by atoms with E-state index in [0.717, 1.165) is 31.4 Å². The summed E-state index contributed by atoms with van der Waals surface area (Å²) in [5, 5.41) is 0. The topological polar surface area (TPSA) is 69.7 Å². The third-order valence-corrected chi connectivity index (χ3v) is 5.99. The van der Waals surface area contributed by atoms with Gasteiger partial charge in [-0.05, 0) is 24.3 Å². The molecule has 1 heterocycles. The molecule has 0 radical (unpaired) electrons. The highest BCUT2D eigenvalue weighted by atomic mass is 32.2. The highest BCUT2D eigenvalue weighted by Crippen LogP contribution is 2.36. The van der Waals surface area contributed by atoms with E-state index in [1.165, 1.54) is 0 Å². The van der Waals surface area contributed by atoms with Crippen molar-refractivity contribution in [3.8, 4) is 0 Å². The summed E-state index contributed by atoms with van der Waals surface area (Å²) in [6, 6.07) is 4.42. The first-order valence-corrected chi connectivity index (χ1v) is 7.59. The summed E-state index contributed by atoms with van der Waals surface area (Å²) in [5.41, 5.74) is 0.